The van der Waals surface area contributed by atoms with Gasteiger partial charge in [-0.15, -0.1) is 5.10 Å². The van der Waals surface area contributed by atoms with Crippen molar-refractivity contribution in [2.45, 2.75) is 37.9 Å². The number of halogens is 3. The van der Waals surface area contributed by atoms with E-state index >= 15 is 0 Å². The first kappa shape index (κ1) is 15.9. The Labute approximate surface area is 134 Å². The van der Waals surface area contributed by atoms with Crippen LogP contribution < -0.4 is 5.32 Å². The molecule has 1 aliphatic carbocycles. The van der Waals surface area contributed by atoms with Crippen LogP contribution in [-0.2, 0) is 12.6 Å². The standard InChI is InChI=1S/C15H14F3N3OS/c1-2-11-13(23-21-20-11)14(22)19-12-7-9(12)8-5-3-4-6-10(8)15(16,17)18/h3-6,9,12H,2,7H2,1H3,(H,19,22)/t9-,12+/m0/s1. The Hall–Kier alpha value is -1.96. The van der Waals surface area contributed by atoms with E-state index in [1.807, 2.05) is 6.92 Å². The number of carbonyl (C=O) groups excluding carboxylic acids is 1. The molecule has 122 valence electrons. The normalized spacial score (nSPS) is 20.3. The van der Waals surface area contributed by atoms with Crippen molar-refractivity contribution in [2.24, 2.45) is 0 Å². The number of alkyl halides is 3. The highest BCUT2D eigenvalue weighted by molar-refractivity contribution is 7.08. The lowest BCUT2D eigenvalue weighted by Crippen LogP contribution is -2.27. The second kappa shape index (κ2) is 5.92. The number of hydrogen-bond acceptors (Lipinski definition) is 4. The number of hydrogen-bond donors (Lipinski definition) is 1. The van der Waals surface area contributed by atoms with E-state index in [4.69, 9.17) is 0 Å². The van der Waals surface area contributed by atoms with Crippen LogP contribution in [0.5, 0.6) is 0 Å². The van der Waals surface area contributed by atoms with Gasteiger partial charge in [-0.3, -0.25) is 4.79 Å². The molecule has 1 aromatic carbocycles. The van der Waals surface area contributed by atoms with Gasteiger partial charge in [0.15, 0.2) is 0 Å². The largest absolute Gasteiger partial charge is 0.416 e. The van der Waals surface area contributed by atoms with Gasteiger partial charge in [0.05, 0.1) is 11.3 Å². The minimum absolute atomic E-state index is 0.239. The fourth-order valence-corrected chi connectivity index (χ4v) is 3.28. The maximum absolute atomic E-state index is 13.0. The lowest BCUT2D eigenvalue weighted by molar-refractivity contribution is -0.138. The number of amides is 1. The first-order chi connectivity index (χ1) is 10.9. The molecule has 1 N–H and O–H groups in total. The Morgan fingerprint density at radius 2 is 2.13 bits per heavy atom. The third kappa shape index (κ3) is 3.21. The van der Waals surface area contributed by atoms with Crippen molar-refractivity contribution in [1.82, 2.24) is 14.9 Å². The highest BCUT2D eigenvalue weighted by atomic mass is 32.1. The molecule has 8 heteroatoms. The third-order valence-corrected chi connectivity index (χ3v) is 4.64. The van der Waals surface area contributed by atoms with Crippen molar-refractivity contribution < 1.29 is 18.0 Å². The molecule has 2 atom stereocenters. The van der Waals surface area contributed by atoms with Crippen LogP contribution in [0.15, 0.2) is 24.3 Å². The maximum Gasteiger partial charge on any atom is 0.416 e. The molecule has 1 saturated carbocycles. The zero-order valence-electron chi connectivity index (χ0n) is 12.2. The molecule has 23 heavy (non-hydrogen) atoms. The van der Waals surface area contributed by atoms with E-state index < -0.39 is 11.7 Å². The molecular formula is C15H14F3N3OS. The Bertz CT molecular complexity index is 729. The second-order valence-electron chi connectivity index (χ2n) is 5.41. The number of nitrogens with one attached hydrogen (secondary N) is 1. The van der Waals surface area contributed by atoms with Crippen LogP contribution in [0.25, 0.3) is 0 Å². The molecule has 0 spiro atoms. The van der Waals surface area contributed by atoms with E-state index in [0.717, 1.165) is 17.6 Å². The molecular weight excluding hydrogens is 327 g/mol. The first-order valence-electron chi connectivity index (χ1n) is 7.20. The van der Waals surface area contributed by atoms with Crippen molar-refractivity contribution in [1.29, 1.82) is 0 Å². The molecule has 0 bridgehead atoms. The molecule has 1 fully saturated rings. The molecule has 2 aromatic rings. The van der Waals surface area contributed by atoms with Crippen molar-refractivity contribution in [3.8, 4) is 0 Å². The minimum atomic E-state index is -4.38. The molecule has 3 rings (SSSR count). The summed E-state index contributed by atoms with van der Waals surface area (Å²) in [5.41, 5.74) is 0.222. The summed E-state index contributed by atoms with van der Waals surface area (Å²) in [6.45, 7) is 1.87. The van der Waals surface area contributed by atoms with E-state index in [0.29, 0.717) is 23.4 Å². The lowest BCUT2D eigenvalue weighted by Gasteiger charge is -2.12. The van der Waals surface area contributed by atoms with Crippen LogP contribution in [0.4, 0.5) is 13.2 Å². The van der Waals surface area contributed by atoms with Crippen LogP contribution in [0.1, 0.15) is 45.8 Å². The molecule has 1 aliphatic rings. The minimum Gasteiger partial charge on any atom is -0.348 e. The van der Waals surface area contributed by atoms with Gasteiger partial charge in [-0.1, -0.05) is 29.6 Å². The Balaban J connectivity index is 1.73. The van der Waals surface area contributed by atoms with Gasteiger partial charge in [-0.2, -0.15) is 13.2 Å². The van der Waals surface area contributed by atoms with E-state index in [1.54, 1.807) is 6.07 Å². The monoisotopic (exact) mass is 341 g/mol. The van der Waals surface area contributed by atoms with Crippen LogP contribution in [-0.4, -0.2) is 21.5 Å². The lowest BCUT2D eigenvalue weighted by atomic mass is 10.0. The van der Waals surface area contributed by atoms with Crippen LogP contribution in [0, 0.1) is 0 Å². The van der Waals surface area contributed by atoms with Gasteiger partial charge in [0.25, 0.3) is 5.91 Å². The van der Waals surface area contributed by atoms with Gasteiger partial charge in [0.2, 0.25) is 0 Å². The zero-order valence-corrected chi connectivity index (χ0v) is 13.0. The van der Waals surface area contributed by atoms with Gasteiger partial charge in [0, 0.05) is 12.0 Å². The van der Waals surface area contributed by atoms with Gasteiger partial charge in [0.1, 0.15) is 4.88 Å². The Morgan fingerprint density at radius 1 is 1.39 bits per heavy atom. The molecule has 0 saturated heterocycles. The number of benzene rings is 1. The summed E-state index contributed by atoms with van der Waals surface area (Å²) in [5.74, 6) is -0.614. The second-order valence-corrected chi connectivity index (χ2v) is 6.16. The molecule has 4 nitrogen and oxygen atoms in total. The van der Waals surface area contributed by atoms with Gasteiger partial charge in [-0.25, -0.2) is 0 Å². The Morgan fingerprint density at radius 3 is 2.83 bits per heavy atom. The van der Waals surface area contributed by atoms with Crippen molar-refractivity contribution in [3.05, 3.63) is 46.0 Å². The van der Waals surface area contributed by atoms with Gasteiger partial charge >= 0.3 is 6.18 Å². The number of aryl methyl sites for hydroxylation is 1. The Kier molecular flexibility index (Phi) is 4.09. The van der Waals surface area contributed by atoms with Crippen LogP contribution in [0.3, 0.4) is 0 Å². The summed E-state index contributed by atoms with van der Waals surface area (Å²) < 4.78 is 42.9. The van der Waals surface area contributed by atoms with E-state index in [1.165, 1.54) is 12.1 Å². The zero-order chi connectivity index (χ0) is 16.6. The summed E-state index contributed by atoms with van der Waals surface area (Å²) in [6.07, 6.45) is -3.29. The topological polar surface area (TPSA) is 54.9 Å². The van der Waals surface area contributed by atoms with E-state index in [2.05, 4.69) is 14.9 Å². The van der Waals surface area contributed by atoms with Crippen molar-refractivity contribution >= 4 is 17.4 Å². The highest BCUT2D eigenvalue weighted by Crippen LogP contribution is 2.46. The summed E-state index contributed by atoms with van der Waals surface area (Å²) in [7, 11) is 0. The predicted octanol–water partition coefficient (Wildman–Crippen LogP) is 3.41. The number of nitrogens with zero attached hydrogens (tertiary/aromatic N) is 2. The number of aromatic nitrogens is 2. The third-order valence-electron chi connectivity index (χ3n) is 3.87. The van der Waals surface area contributed by atoms with E-state index in [9.17, 15) is 18.0 Å². The summed E-state index contributed by atoms with van der Waals surface area (Å²) in [6, 6.07) is 5.24. The highest BCUT2D eigenvalue weighted by Gasteiger charge is 2.45. The average molecular weight is 341 g/mol. The fraction of sp³-hybridized carbons (Fsp3) is 0.400. The number of carbonyl (C=O) groups is 1. The van der Waals surface area contributed by atoms with Crippen LogP contribution >= 0.6 is 11.5 Å². The average Bonchev–Trinajstić information content (AvgIpc) is 3.10. The fourth-order valence-electron chi connectivity index (χ4n) is 2.62. The van der Waals surface area contributed by atoms with E-state index in [-0.39, 0.29) is 23.4 Å². The first-order valence-corrected chi connectivity index (χ1v) is 7.97. The molecule has 0 unspecified atom stereocenters. The summed E-state index contributed by atoms with van der Waals surface area (Å²) in [5, 5.41) is 6.65. The van der Waals surface area contributed by atoms with Gasteiger partial charge in [-0.05, 0) is 36.0 Å². The van der Waals surface area contributed by atoms with Gasteiger partial charge < -0.3 is 5.32 Å². The molecule has 1 amide bonds. The molecule has 1 aromatic heterocycles. The summed E-state index contributed by atoms with van der Waals surface area (Å²) >= 11 is 1.00. The molecule has 1 heterocycles. The smallest absolute Gasteiger partial charge is 0.348 e. The van der Waals surface area contributed by atoms with Crippen LogP contribution in [0.2, 0.25) is 0 Å². The quantitative estimate of drug-likeness (QED) is 0.927. The number of rotatable bonds is 4. The predicted molar refractivity (Wildman–Crippen MR) is 79.3 cm³/mol. The SMILES string of the molecule is CCc1nnsc1C(=O)N[C@@H]1C[C@H]1c1ccccc1C(F)(F)F. The van der Waals surface area contributed by atoms with Crippen molar-refractivity contribution in [2.75, 3.05) is 0 Å². The maximum atomic E-state index is 13.0. The van der Waals surface area contributed by atoms with Crippen molar-refractivity contribution in [3.63, 3.8) is 0 Å². The molecule has 0 aliphatic heterocycles. The summed E-state index contributed by atoms with van der Waals surface area (Å²) in [4.78, 5) is 12.6. The molecule has 0 radical (unpaired) electrons.